The van der Waals surface area contributed by atoms with Crippen LogP contribution in [-0.4, -0.2) is 43.6 Å². The molecule has 4 nitrogen and oxygen atoms in total. The van der Waals surface area contributed by atoms with Crippen LogP contribution in [0.3, 0.4) is 0 Å². The van der Waals surface area contributed by atoms with Crippen LogP contribution in [0.1, 0.15) is 30.1 Å². The van der Waals surface area contributed by atoms with E-state index in [-0.39, 0.29) is 0 Å². The highest BCUT2D eigenvalue weighted by molar-refractivity contribution is 7.99. The minimum absolute atomic E-state index is 0.397. The number of rotatable bonds is 9. The summed E-state index contributed by atoms with van der Waals surface area (Å²) in [6.45, 7) is 4.20. The first-order valence-corrected chi connectivity index (χ1v) is 8.40. The SMILES string of the molecule is CCSc1cccc(N(C)CCOCC2CC2)c1C(=O)O. The summed E-state index contributed by atoms with van der Waals surface area (Å²) >= 11 is 1.56. The van der Waals surface area contributed by atoms with Crippen LogP contribution in [-0.2, 0) is 4.74 Å². The van der Waals surface area contributed by atoms with E-state index in [1.165, 1.54) is 12.8 Å². The molecule has 116 valence electrons. The van der Waals surface area contributed by atoms with Gasteiger partial charge in [0.25, 0.3) is 0 Å². The summed E-state index contributed by atoms with van der Waals surface area (Å²) in [5.74, 6) is 0.749. The van der Waals surface area contributed by atoms with Crippen LogP contribution in [0.5, 0.6) is 0 Å². The van der Waals surface area contributed by atoms with Crippen molar-refractivity contribution < 1.29 is 14.6 Å². The van der Waals surface area contributed by atoms with Gasteiger partial charge < -0.3 is 14.7 Å². The maximum absolute atomic E-state index is 11.6. The molecule has 0 unspecified atom stereocenters. The van der Waals surface area contributed by atoms with Gasteiger partial charge >= 0.3 is 5.97 Å². The first-order chi connectivity index (χ1) is 10.1. The first kappa shape index (κ1) is 16.2. The van der Waals surface area contributed by atoms with Crippen LogP contribution in [0.4, 0.5) is 5.69 Å². The van der Waals surface area contributed by atoms with Crippen LogP contribution < -0.4 is 4.90 Å². The molecule has 1 aliphatic carbocycles. The Labute approximate surface area is 130 Å². The Morgan fingerprint density at radius 3 is 2.86 bits per heavy atom. The summed E-state index contributed by atoms with van der Waals surface area (Å²) in [6.07, 6.45) is 2.57. The van der Waals surface area contributed by atoms with Gasteiger partial charge in [0, 0.05) is 25.1 Å². The fraction of sp³-hybridized carbons (Fsp3) is 0.562. The fourth-order valence-electron chi connectivity index (χ4n) is 2.18. The molecule has 0 aromatic heterocycles. The topological polar surface area (TPSA) is 49.8 Å². The van der Waals surface area contributed by atoms with Gasteiger partial charge in [-0.2, -0.15) is 0 Å². The third-order valence-electron chi connectivity index (χ3n) is 3.55. The number of carbonyl (C=O) groups is 1. The van der Waals surface area contributed by atoms with E-state index in [0.29, 0.717) is 18.7 Å². The number of carboxylic acids is 1. The second-order valence-electron chi connectivity index (χ2n) is 5.33. The quantitative estimate of drug-likeness (QED) is 0.560. The number of nitrogens with zero attached hydrogens (tertiary/aromatic N) is 1. The average molecular weight is 309 g/mol. The van der Waals surface area contributed by atoms with Gasteiger partial charge in [0.05, 0.1) is 17.9 Å². The number of hydrogen-bond donors (Lipinski definition) is 1. The zero-order valence-corrected chi connectivity index (χ0v) is 13.5. The van der Waals surface area contributed by atoms with Crippen molar-refractivity contribution in [2.45, 2.75) is 24.7 Å². The summed E-state index contributed by atoms with van der Waals surface area (Å²) in [5.41, 5.74) is 1.16. The molecule has 0 atom stereocenters. The predicted octanol–water partition coefficient (Wildman–Crippen LogP) is 3.36. The standard InChI is InChI=1S/C16H23NO3S/c1-3-21-14-6-4-5-13(15(14)16(18)19)17(2)9-10-20-11-12-7-8-12/h4-6,12H,3,7-11H2,1-2H3,(H,18,19). The maximum atomic E-state index is 11.6. The molecule has 0 radical (unpaired) electrons. The third-order valence-corrected chi connectivity index (χ3v) is 4.49. The minimum Gasteiger partial charge on any atom is -0.478 e. The molecular weight excluding hydrogens is 286 g/mol. The second kappa shape index (κ2) is 7.71. The number of anilines is 1. The van der Waals surface area contributed by atoms with E-state index >= 15 is 0 Å². The van der Waals surface area contributed by atoms with Crippen LogP contribution in [0.15, 0.2) is 23.1 Å². The Kier molecular flexibility index (Phi) is 5.94. The highest BCUT2D eigenvalue weighted by Crippen LogP contribution is 2.31. The number of benzene rings is 1. The lowest BCUT2D eigenvalue weighted by Gasteiger charge is -2.22. The van der Waals surface area contributed by atoms with Gasteiger partial charge in [0.15, 0.2) is 0 Å². The molecule has 1 aromatic carbocycles. The lowest BCUT2D eigenvalue weighted by molar-refractivity contribution is 0.0693. The van der Waals surface area contributed by atoms with Crippen molar-refractivity contribution in [3.8, 4) is 0 Å². The molecule has 2 rings (SSSR count). The number of ether oxygens (including phenoxy) is 1. The summed E-state index contributed by atoms with van der Waals surface area (Å²) in [6, 6.07) is 5.66. The van der Waals surface area contributed by atoms with E-state index in [2.05, 4.69) is 0 Å². The minimum atomic E-state index is -0.868. The van der Waals surface area contributed by atoms with Gasteiger partial charge in [-0.1, -0.05) is 13.0 Å². The number of likely N-dealkylation sites (N-methyl/N-ethyl adjacent to an activating group) is 1. The summed E-state index contributed by atoms with van der Waals surface area (Å²) in [7, 11) is 1.92. The van der Waals surface area contributed by atoms with Gasteiger partial charge in [-0.25, -0.2) is 4.79 Å². The summed E-state index contributed by atoms with van der Waals surface area (Å²) in [4.78, 5) is 14.4. The molecule has 0 bridgehead atoms. The number of thioether (sulfide) groups is 1. The molecule has 1 N–H and O–H groups in total. The van der Waals surface area contributed by atoms with Crippen LogP contribution >= 0.6 is 11.8 Å². The normalized spacial score (nSPS) is 14.2. The van der Waals surface area contributed by atoms with Crippen molar-refractivity contribution in [2.75, 3.05) is 37.5 Å². The smallest absolute Gasteiger partial charge is 0.338 e. The monoisotopic (exact) mass is 309 g/mol. The molecule has 0 spiro atoms. The Balaban J connectivity index is 2.01. The van der Waals surface area contributed by atoms with E-state index in [1.54, 1.807) is 11.8 Å². The number of carboxylic acid groups (broad SMARTS) is 1. The van der Waals surface area contributed by atoms with Crippen LogP contribution in [0.25, 0.3) is 0 Å². The molecule has 0 saturated heterocycles. The van der Waals surface area contributed by atoms with Crippen LogP contribution in [0, 0.1) is 5.92 Å². The zero-order valence-electron chi connectivity index (χ0n) is 12.7. The number of hydrogen-bond acceptors (Lipinski definition) is 4. The van der Waals surface area contributed by atoms with E-state index in [1.807, 2.05) is 37.1 Å². The Bertz CT molecular complexity index is 488. The maximum Gasteiger partial charge on any atom is 0.338 e. The van der Waals surface area contributed by atoms with Crippen LogP contribution in [0.2, 0.25) is 0 Å². The van der Waals surface area contributed by atoms with Crippen molar-refractivity contribution in [1.82, 2.24) is 0 Å². The average Bonchev–Trinajstić information content (AvgIpc) is 3.27. The Morgan fingerprint density at radius 1 is 1.48 bits per heavy atom. The third kappa shape index (κ3) is 4.64. The van der Waals surface area contributed by atoms with Crippen molar-refractivity contribution >= 4 is 23.4 Å². The fourth-order valence-corrected chi connectivity index (χ4v) is 3.01. The molecule has 21 heavy (non-hydrogen) atoms. The van der Waals surface area contributed by atoms with Gasteiger partial charge in [0.2, 0.25) is 0 Å². The van der Waals surface area contributed by atoms with Crippen molar-refractivity contribution in [3.63, 3.8) is 0 Å². The summed E-state index contributed by atoms with van der Waals surface area (Å²) in [5, 5.41) is 9.50. The van der Waals surface area contributed by atoms with Crippen molar-refractivity contribution in [1.29, 1.82) is 0 Å². The molecule has 5 heteroatoms. The lowest BCUT2D eigenvalue weighted by atomic mass is 10.1. The Morgan fingerprint density at radius 2 is 2.24 bits per heavy atom. The molecule has 1 fully saturated rings. The second-order valence-corrected chi connectivity index (χ2v) is 6.63. The molecule has 1 saturated carbocycles. The van der Waals surface area contributed by atoms with Gasteiger partial charge in [0.1, 0.15) is 0 Å². The van der Waals surface area contributed by atoms with Gasteiger partial charge in [-0.3, -0.25) is 0 Å². The van der Waals surface area contributed by atoms with E-state index < -0.39 is 5.97 Å². The molecule has 0 aliphatic heterocycles. The van der Waals surface area contributed by atoms with E-state index in [9.17, 15) is 9.90 Å². The van der Waals surface area contributed by atoms with Crippen molar-refractivity contribution in [2.24, 2.45) is 5.92 Å². The molecule has 0 heterocycles. The van der Waals surface area contributed by atoms with Crippen molar-refractivity contribution in [3.05, 3.63) is 23.8 Å². The lowest BCUT2D eigenvalue weighted by Crippen LogP contribution is -2.25. The zero-order chi connectivity index (χ0) is 15.2. The largest absolute Gasteiger partial charge is 0.478 e. The first-order valence-electron chi connectivity index (χ1n) is 7.41. The van der Waals surface area contributed by atoms with Gasteiger partial charge in [-0.15, -0.1) is 11.8 Å². The molecule has 1 aliphatic rings. The predicted molar refractivity (Wildman–Crippen MR) is 86.6 cm³/mol. The molecular formula is C16H23NO3S. The van der Waals surface area contributed by atoms with Gasteiger partial charge in [-0.05, 0) is 36.6 Å². The Hall–Kier alpha value is -1.20. The number of aromatic carboxylic acids is 1. The highest BCUT2D eigenvalue weighted by atomic mass is 32.2. The molecule has 0 amide bonds. The highest BCUT2D eigenvalue weighted by Gasteiger charge is 2.21. The summed E-state index contributed by atoms with van der Waals surface area (Å²) < 4.78 is 5.63. The van der Waals surface area contributed by atoms with E-state index in [4.69, 9.17) is 4.74 Å². The molecule has 1 aromatic rings. The van der Waals surface area contributed by atoms with E-state index in [0.717, 1.165) is 28.9 Å².